The van der Waals surface area contributed by atoms with Gasteiger partial charge in [0.05, 0.1) is 13.0 Å². The van der Waals surface area contributed by atoms with Crippen molar-refractivity contribution in [2.24, 2.45) is 0 Å². The predicted octanol–water partition coefficient (Wildman–Crippen LogP) is 3.71. The molecule has 0 aliphatic carbocycles. The predicted molar refractivity (Wildman–Crippen MR) is 95.7 cm³/mol. The summed E-state index contributed by atoms with van der Waals surface area (Å²) in [6.45, 7) is 1.89. The molecule has 0 unspecified atom stereocenters. The molecule has 2 N–H and O–H groups in total. The van der Waals surface area contributed by atoms with Gasteiger partial charge in [0.2, 0.25) is 11.8 Å². The largest absolute Gasteiger partial charge is 0.347 e. The van der Waals surface area contributed by atoms with E-state index >= 15 is 0 Å². The summed E-state index contributed by atoms with van der Waals surface area (Å²) in [7, 11) is 0. The molecule has 0 aliphatic rings. The molecule has 0 heterocycles. The van der Waals surface area contributed by atoms with Gasteiger partial charge >= 0.3 is 0 Å². The molecule has 0 aromatic heterocycles. The van der Waals surface area contributed by atoms with E-state index < -0.39 is 0 Å². The summed E-state index contributed by atoms with van der Waals surface area (Å²) in [5.41, 5.74) is 2.61. The summed E-state index contributed by atoms with van der Waals surface area (Å²) in [6.07, 6.45) is 0.209. The van der Waals surface area contributed by atoms with E-state index in [4.69, 9.17) is 11.6 Å². The Balaban J connectivity index is 1.80. The molecule has 0 atom stereocenters. The normalized spacial score (nSPS) is 10.2. The molecule has 120 valence electrons. The topological polar surface area (TPSA) is 58.2 Å². The van der Waals surface area contributed by atoms with Crippen LogP contribution in [-0.4, -0.2) is 18.4 Å². The van der Waals surface area contributed by atoms with Gasteiger partial charge in [-0.05, 0) is 42.3 Å². The average molecular weight is 396 g/mol. The van der Waals surface area contributed by atoms with Crippen molar-refractivity contribution in [3.63, 3.8) is 0 Å². The van der Waals surface area contributed by atoms with E-state index in [2.05, 4.69) is 26.6 Å². The molecule has 0 bridgehead atoms. The Morgan fingerprint density at radius 3 is 2.43 bits per heavy atom. The van der Waals surface area contributed by atoms with Crippen molar-refractivity contribution in [1.82, 2.24) is 5.32 Å². The summed E-state index contributed by atoms with van der Waals surface area (Å²) in [6, 6.07) is 12.6. The monoisotopic (exact) mass is 394 g/mol. The molecule has 23 heavy (non-hydrogen) atoms. The molecule has 2 amide bonds. The van der Waals surface area contributed by atoms with Gasteiger partial charge in [0.25, 0.3) is 0 Å². The zero-order chi connectivity index (χ0) is 16.8. The van der Waals surface area contributed by atoms with Crippen LogP contribution in [0.15, 0.2) is 46.9 Å². The van der Waals surface area contributed by atoms with Gasteiger partial charge in [-0.3, -0.25) is 9.59 Å². The number of halogens is 2. The highest BCUT2D eigenvalue weighted by atomic mass is 79.9. The molecule has 0 saturated heterocycles. The number of amides is 2. The summed E-state index contributed by atoms with van der Waals surface area (Å²) in [5, 5.41) is 5.95. The van der Waals surface area contributed by atoms with Gasteiger partial charge in [-0.1, -0.05) is 45.7 Å². The van der Waals surface area contributed by atoms with Gasteiger partial charge in [0.1, 0.15) is 0 Å². The maximum atomic E-state index is 11.9. The lowest BCUT2D eigenvalue weighted by atomic mass is 10.1. The van der Waals surface area contributed by atoms with Gasteiger partial charge in [0.15, 0.2) is 0 Å². The first kappa shape index (κ1) is 17.5. The number of rotatable bonds is 5. The Morgan fingerprint density at radius 1 is 1.09 bits per heavy atom. The quantitative estimate of drug-likeness (QED) is 0.811. The smallest absolute Gasteiger partial charge is 0.243 e. The lowest BCUT2D eigenvalue weighted by Crippen LogP contribution is -2.33. The third-order valence-electron chi connectivity index (χ3n) is 3.18. The zero-order valence-electron chi connectivity index (χ0n) is 12.5. The van der Waals surface area contributed by atoms with Gasteiger partial charge in [-0.25, -0.2) is 0 Å². The minimum atomic E-state index is -0.273. The highest BCUT2D eigenvalue weighted by Gasteiger charge is 2.07. The van der Waals surface area contributed by atoms with Crippen LogP contribution in [0.1, 0.15) is 11.1 Å². The van der Waals surface area contributed by atoms with E-state index in [1.807, 2.05) is 25.1 Å². The van der Waals surface area contributed by atoms with Gasteiger partial charge in [-0.15, -0.1) is 0 Å². The van der Waals surface area contributed by atoms with Crippen molar-refractivity contribution in [3.8, 4) is 0 Å². The van der Waals surface area contributed by atoms with Gasteiger partial charge < -0.3 is 10.6 Å². The Morgan fingerprint density at radius 2 is 1.78 bits per heavy atom. The fraction of sp³-hybridized carbons (Fsp3) is 0.176. The van der Waals surface area contributed by atoms with E-state index in [1.165, 1.54) is 0 Å². The minimum absolute atomic E-state index is 0.0715. The van der Waals surface area contributed by atoms with Crippen LogP contribution < -0.4 is 10.6 Å². The molecule has 0 fully saturated rings. The second-order valence-electron chi connectivity index (χ2n) is 5.09. The fourth-order valence-electron chi connectivity index (χ4n) is 1.90. The first-order valence-electron chi connectivity index (χ1n) is 7.01. The molecule has 2 aromatic carbocycles. The summed E-state index contributed by atoms with van der Waals surface area (Å²) in [4.78, 5) is 23.7. The Labute approximate surface area is 148 Å². The van der Waals surface area contributed by atoms with Crippen molar-refractivity contribution < 1.29 is 9.59 Å². The van der Waals surface area contributed by atoms with E-state index in [9.17, 15) is 9.59 Å². The fourth-order valence-corrected chi connectivity index (χ4v) is 2.41. The number of hydrogen-bond donors (Lipinski definition) is 2. The highest BCUT2D eigenvalue weighted by molar-refractivity contribution is 9.10. The number of aryl methyl sites for hydroxylation is 1. The van der Waals surface area contributed by atoms with Crippen LogP contribution in [0.25, 0.3) is 0 Å². The molecule has 0 aliphatic heterocycles. The van der Waals surface area contributed by atoms with Crippen LogP contribution >= 0.6 is 27.5 Å². The average Bonchev–Trinajstić information content (AvgIpc) is 2.51. The first-order chi connectivity index (χ1) is 10.9. The molecule has 0 saturated carbocycles. The molecule has 0 radical (unpaired) electrons. The zero-order valence-corrected chi connectivity index (χ0v) is 14.9. The van der Waals surface area contributed by atoms with Crippen LogP contribution in [0.5, 0.6) is 0 Å². The van der Waals surface area contributed by atoms with Crippen LogP contribution in [0.2, 0.25) is 5.02 Å². The summed E-state index contributed by atoms with van der Waals surface area (Å²) >= 11 is 9.20. The van der Waals surface area contributed by atoms with Crippen molar-refractivity contribution in [2.45, 2.75) is 13.3 Å². The van der Waals surface area contributed by atoms with Crippen LogP contribution in [0.4, 0.5) is 5.69 Å². The number of anilines is 1. The number of nitrogens with one attached hydrogen (secondary N) is 2. The molecule has 6 heteroatoms. The van der Waals surface area contributed by atoms with Crippen molar-refractivity contribution >= 4 is 45.0 Å². The molecule has 4 nitrogen and oxygen atoms in total. The first-order valence-corrected chi connectivity index (χ1v) is 8.18. The summed E-state index contributed by atoms with van der Waals surface area (Å²) < 4.78 is 0.919. The van der Waals surface area contributed by atoms with E-state index in [0.29, 0.717) is 10.7 Å². The van der Waals surface area contributed by atoms with Crippen LogP contribution in [-0.2, 0) is 16.0 Å². The Kier molecular flexibility index (Phi) is 6.19. The highest BCUT2D eigenvalue weighted by Crippen LogP contribution is 2.20. The van der Waals surface area contributed by atoms with Gasteiger partial charge in [-0.2, -0.15) is 0 Å². The van der Waals surface area contributed by atoms with Crippen LogP contribution in [0.3, 0.4) is 0 Å². The SMILES string of the molecule is Cc1ccc(NC(=O)CNC(=O)Cc2ccc(Cl)cc2)cc1Br. The second kappa shape index (κ2) is 8.13. The Bertz CT molecular complexity index is 717. The van der Waals surface area contributed by atoms with E-state index in [1.54, 1.807) is 24.3 Å². The molecule has 2 rings (SSSR count). The third-order valence-corrected chi connectivity index (χ3v) is 4.29. The molecule has 2 aromatic rings. The van der Waals surface area contributed by atoms with Gasteiger partial charge in [0, 0.05) is 15.2 Å². The second-order valence-corrected chi connectivity index (χ2v) is 6.38. The molecular formula is C17H16BrClN2O2. The number of carbonyl (C=O) groups is 2. The van der Waals surface area contributed by atoms with Crippen LogP contribution in [0, 0.1) is 6.92 Å². The molecule has 0 spiro atoms. The standard InChI is InChI=1S/C17H16BrClN2O2/c1-11-2-7-14(9-15(11)18)21-17(23)10-20-16(22)8-12-3-5-13(19)6-4-12/h2-7,9H,8,10H2,1H3,(H,20,22)(H,21,23). The lowest BCUT2D eigenvalue weighted by molar-refractivity contribution is -0.123. The van der Waals surface area contributed by atoms with Crippen molar-refractivity contribution in [1.29, 1.82) is 0 Å². The minimum Gasteiger partial charge on any atom is -0.347 e. The number of benzene rings is 2. The van der Waals surface area contributed by atoms with Crippen molar-refractivity contribution in [3.05, 3.63) is 63.1 Å². The maximum absolute atomic E-state index is 11.9. The maximum Gasteiger partial charge on any atom is 0.243 e. The van der Waals surface area contributed by atoms with Crippen molar-refractivity contribution in [2.75, 3.05) is 11.9 Å². The lowest BCUT2D eigenvalue weighted by Gasteiger charge is -2.08. The van der Waals surface area contributed by atoms with E-state index in [0.717, 1.165) is 15.6 Å². The number of hydrogen-bond acceptors (Lipinski definition) is 2. The Hall–Kier alpha value is -1.85. The third kappa shape index (κ3) is 5.69. The molecular weight excluding hydrogens is 380 g/mol. The summed E-state index contributed by atoms with van der Waals surface area (Å²) in [5.74, 6) is -0.488. The van der Waals surface area contributed by atoms with E-state index in [-0.39, 0.29) is 24.8 Å². The number of carbonyl (C=O) groups excluding carboxylic acids is 2.